The van der Waals surface area contributed by atoms with E-state index >= 15 is 0 Å². The van der Waals surface area contributed by atoms with Crippen molar-refractivity contribution in [3.8, 4) is 11.3 Å². The van der Waals surface area contributed by atoms with Gasteiger partial charge in [0.05, 0.1) is 0 Å². The molecule has 0 amide bonds. The van der Waals surface area contributed by atoms with E-state index in [2.05, 4.69) is 78.5 Å². The van der Waals surface area contributed by atoms with Gasteiger partial charge in [-0.25, -0.2) is 0 Å². The zero-order valence-corrected chi connectivity index (χ0v) is 17.1. The summed E-state index contributed by atoms with van der Waals surface area (Å²) in [5.74, 6) is 0.462. The first-order chi connectivity index (χ1) is 13.3. The average Bonchev–Trinajstić information content (AvgIpc) is 3.12. The van der Waals surface area contributed by atoms with E-state index in [4.69, 9.17) is 0 Å². The van der Waals surface area contributed by atoms with Crippen LogP contribution in [0.2, 0.25) is 0 Å². The second-order valence-electron chi connectivity index (χ2n) is 8.67. The van der Waals surface area contributed by atoms with Crippen LogP contribution in [0.1, 0.15) is 49.1 Å². The van der Waals surface area contributed by atoms with Crippen LogP contribution in [0.3, 0.4) is 0 Å². The van der Waals surface area contributed by atoms with Gasteiger partial charge in [-0.2, -0.15) is 0 Å². The van der Waals surface area contributed by atoms with Crippen LogP contribution in [0.15, 0.2) is 54.9 Å². The molecule has 0 spiro atoms. The van der Waals surface area contributed by atoms with E-state index in [1.54, 1.807) is 6.20 Å². The molecule has 28 heavy (non-hydrogen) atoms. The first-order valence-corrected chi connectivity index (χ1v) is 9.98. The Balaban J connectivity index is 1.83. The van der Waals surface area contributed by atoms with Crippen LogP contribution in [0.5, 0.6) is 0 Å². The lowest BCUT2D eigenvalue weighted by Crippen LogP contribution is -2.63. The standard InChI is InChI=1S/C24H29N3O/c1-16(2)18-6-8-20(9-7-18)24(28,23(4)14-26-15-23)21-11-19(12-25-13-21)22-10-5-17(3)27-22/h5-13,16,26-28H,14-15H2,1-4H3. The second kappa shape index (κ2) is 6.87. The number of nitrogens with one attached hydrogen (secondary N) is 2. The maximum absolute atomic E-state index is 12.1. The lowest BCUT2D eigenvalue weighted by atomic mass is 9.63. The third-order valence-electron chi connectivity index (χ3n) is 6.20. The molecule has 146 valence electrons. The number of aromatic nitrogens is 2. The van der Waals surface area contributed by atoms with E-state index in [-0.39, 0.29) is 5.41 Å². The molecular formula is C24H29N3O. The third kappa shape index (κ3) is 2.97. The van der Waals surface area contributed by atoms with Gasteiger partial charge in [0.25, 0.3) is 0 Å². The van der Waals surface area contributed by atoms with Crippen molar-refractivity contribution in [2.75, 3.05) is 13.1 Å². The number of hydrogen-bond donors (Lipinski definition) is 3. The van der Waals surface area contributed by atoms with Gasteiger partial charge in [-0.3, -0.25) is 4.98 Å². The van der Waals surface area contributed by atoms with Crippen LogP contribution in [0.4, 0.5) is 0 Å². The fourth-order valence-corrected chi connectivity index (χ4v) is 4.19. The van der Waals surface area contributed by atoms with Crippen LogP contribution in [0.25, 0.3) is 11.3 Å². The van der Waals surface area contributed by atoms with Crippen LogP contribution in [-0.2, 0) is 5.60 Å². The minimum Gasteiger partial charge on any atom is -0.380 e. The van der Waals surface area contributed by atoms with Gasteiger partial charge in [-0.05, 0) is 42.2 Å². The predicted octanol–water partition coefficient (Wildman–Crippen LogP) is 4.35. The van der Waals surface area contributed by atoms with E-state index in [9.17, 15) is 5.11 Å². The van der Waals surface area contributed by atoms with Gasteiger partial charge >= 0.3 is 0 Å². The summed E-state index contributed by atoms with van der Waals surface area (Å²) in [4.78, 5) is 7.84. The van der Waals surface area contributed by atoms with E-state index in [1.807, 2.05) is 13.1 Å². The highest BCUT2D eigenvalue weighted by atomic mass is 16.3. The molecule has 1 unspecified atom stereocenters. The van der Waals surface area contributed by atoms with Gasteiger partial charge in [-0.1, -0.05) is 45.0 Å². The summed E-state index contributed by atoms with van der Waals surface area (Å²) in [6.45, 7) is 10.1. The summed E-state index contributed by atoms with van der Waals surface area (Å²) in [7, 11) is 0. The van der Waals surface area contributed by atoms with Gasteiger partial charge in [0.1, 0.15) is 5.60 Å². The molecular weight excluding hydrogens is 346 g/mol. The Morgan fingerprint density at radius 2 is 1.75 bits per heavy atom. The fourth-order valence-electron chi connectivity index (χ4n) is 4.19. The number of hydrogen-bond acceptors (Lipinski definition) is 3. The van der Waals surface area contributed by atoms with Crippen molar-refractivity contribution >= 4 is 0 Å². The molecule has 1 atom stereocenters. The van der Waals surface area contributed by atoms with Gasteiger partial charge in [0, 0.05) is 53.4 Å². The quantitative estimate of drug-likeness (QED) is 0.621. The number of H-pyrrole nitrogens is 1. The number of aryl methyl sites for hydroxylation is 1. The molecule has 0 aliphatic carbocycles. The highest BCUT2D eigenvalue weighted by Gasteiger charge is 2.53. The molecule has 3 aromatic rings. The number of nitrogens with zero attached hydrogens (tertiary/aromatic N) is 1. The number of pyridine rings is 1. The Bertz CT molecular complexity index is 970. The van der Waals surface area contributed by atoms with Crippen molar-refractivity contribution in [1.29, 1.82) is 0 Å². The summed E-state index contributed by atoms with van der Waals surface area (Å²) in [6.07, 6.45) is 3.65. The molecule has 1 aliphatic heterocycles. The highest BCUT2D eigenvalue weighted by Crippen LogP contribution is 2.48. The first kappa shape index (κ1) is 18.9. The molecule has 0 saturated carbocycles. The number of benzene rings is 1. The summed E-state index contributed by atoms with van der Waals surface area (Å²) in [5, 5.41) is 15.5. The third-order valence-corrected chi connectivity index (χ3v) is 6.20. The highest BCUT2D eigenvalue weighted by molar-refractivity contribution is 5.61. The minimum atomic E-state index is -1.11. The zero-order valence-electron chi connectivity index (χ0n) is 17.1. The predicted molar refractivity (Wildman–Crippen MR) is 113 cm³/mol. The molecule has 2 aromatic heterocycles. The van der Waals surface area contributed by atoms with Crippen molar-refractivity contribution in [2.24, 2.45) is 5.41 Å². The van der Waals surface area contributed by atoms with Gasteiger partial charge < -0.3 is 15.4 Å². The number of rotatable bonds is 5. The Morgan fingerprint density at radius 1 is 1.04 bits per heavy atom. The van der Waals surface area contributed by atoms with Gasteiger partial charge in [0.15, 0.2) is 0 Å². The summed E-state index contributed by atoms with van der Waals surface area (Å²) in [6, 6.07) is 14.6. The Morgan fingerprint density at radius 3 is 2.29 bits per heavy atom. The van der Waals surface area contributed by atoms with Crippen molar-refractivity contribution in [2.45, 2.75) is 39.2 Å². The molecule has 1 aromatic carbocycles. The molecule has 3 heterocycles. The van der Waals surface area contributed by atoms with E-state index in [0.717, 1.165) is 41.2 Å². The van der Waals surface area contributed by atoms with E-state index < -0.39 is 5.60 Å². The van der Waals surface area contributed by atoms with Gasteiger partial charge in [-0.15, -0.1) is 0 Å². The van der Waals surface area contributed by atoms with Crippen LogP contribution >= 0.6 is 0 Å². The zero-order chi connectivity index (χ0) is 19.9. The topological polar surface area (TPSA) is 60.9 Å². The van der Waals surface area contributed by atoms with Crippen LogP contribution in [0, 0.1) is 12.3 Å². The molecule has 3 N–H and O–H groups in total. The number of aromatic amines is 1. The average molecular weight is 376 g/mol. The van der Waals surface area contributed by atoms with E-state index in [0.29, 0.717) is 5.92 Å². The molecule has 1 fully saturated rings. The van der Waals surface area contributed by atoms with Crippen LogP contribution < -0.4 is 5.32 Å². The monoisotopic (exact) mass is 375 g/mol. The van der Waals surface area contributed by atoms with Gasteiger partial charge in [0.2, 0.25) is 0 Å². The maximum atomic E-state index is 12.1. The Hall–Kier alpha value is -2.43. The molecule has 4 nitrogen and oxygen atoms in total. The fraction of sp³-hybridized carbons (Fsp3) is 0.375. The molecule has 0 radical (unpaired) electrons. The van der Waals surface area contributed by atoms with Crippen LogP contribution in [-0.4, -0.2) is 28.2 Å². The Labute approximate surface area is 167 Å². The van der Waals surface area contributed by atoms with Crippen molar-refractivity contribution in [3.63, 3.8) is 0 Å². The van der Waals surface area contributed by atoms with Crippen molar-refractivity contribution in [3.05, 3.63) is 77.2 Å². The maximum Gasteiger partial charge on any atom is 0.124 e. The second-order valence-corrected chi connectivity index (χ2v) is 8.67. The summed E-state index contributed by atoms with van der Waals surface area (Å²) < 4.78 is 0. The Kier molecular flexibility index (Phi) is 4.64. The molecule has 4 heteroatoms. The lowest BCUT2D eigenvalue weighted by Gasteiger charge is -2.52. The summed E-state index contributed by atoms with van der Waals surface area (Å²) in [5.41, 5.74) is 4.73. The van der Waals surface area contributed by atoms with Crippen molar-refractivity contribution < 1.29 is 5.11 Å². The molecule has 4 rings (SSSR count). The molecule has 1 saturated heterocycles. The SMILES string of the molecule is Cc1ccc(-c2cncc(C(O)(c3ccc(C(C)C)cc3)C3(C)CNC3)c2)[nH]1. The normalized spacial score (nSPS) is 17.9. The smallest absolute Gasteiger partial charge is 0.124 e. The van der Waals surface area contributed by atoms with Crippen molar-refractivity contribution in [1.82, 2.24) is 15.3 Å². The summed E-state index contributed by atoms with van der Waals surface area (Å²) >= 11 is 0. The molecule has 0 bridgehead atoms. The number of aliphatic hydroxyl groups is 1. The van der Waals surface area contributed by atoms with E-state index in [1.165, 1.54) is 5.56 Å². The lowest BCUT2D eigenvalue weighted by molar-refractivity contribution is -0.0769. The first-order valence-electron chi connectivity index (χ1n) is 9.98. The molecule has 1 aliphatic rings. The largest absolute Gasteiger partial charge is 0.380 e. The minimum absolute atomic E-state index is 0.293.